The molecule has 0 radical (unpaired) electrons. The lowest BCUT2D eigenvalue weighted by Crippen LogP contribution is -2.56. The number of nitrogens with one attached hydrogen (secondary N) is 2. The Hall–Kier alpha value is -3.06. The Morgan fingerprint density at radius 1 is 1.03 bits per heavy atom. The molecular weight excluding hydrogens is 490 g/mol. The molecule has 2 N–H and O–H groups in total. The van der Waals surface area contributed by atoms with E-state index in [2.05, 4.69) is 10.6 Å². The molecule has 1 saturated carbocycles. The van der Waals surface area contributed by atoms with Crippen molar-refractivity contribution in [3.63, 3.8) is 0 Å². The summed E-state index contributed by atoms with van der Waals surface area (Å²) in [7, 11) is 1.55. The topological polar surface area (TPSA) is 87.7 Å². The summed E-state index contributed by atoms with van der Waals surface area (Å²) in [5, 5.41) is 6.70. The molecule has 1 heterocycles. The molecule has 1 saturated heterocycles. The first-order valence-electron chi connectivity index (χ1n) is 13.2. The predicted octanol–water partition coefficient (Wildman–Crippen LogP) is 4.38. The van der Waals surface area contributed by atoms with E-state index in [1.54, 1.807) is 36.3 Å². The number of carbonyl (C=O) groups is 3. The molecule has 2 aliphatic rings. The van der Waals surface area contributed by atoms with E-state index in [0.29, 0.717) is 42.3 Å². The van der Waals surface area contributed by atoms with Crippen molar-refractivity contribution in [3.05, 3.63) is 64.7 Å². The highest BCUT2D eigenvalue weighted by molar-refractivity contribution is 6.31. The Labute approximate surface area is 223 Å². The summed E-state index contributed by atoms with van der Waals surface area (Å²) in [6.07, 6.45) is 6.98. The third-order valence-corrected chi connectivity index (χ3v) is 7.86. The molecule has 2 aromatic rings. The molecule has 0 unspecified atom stereocenters. The molecule has 1 aliphatic carbocycles. The molecule has 4 rings (SSSR count). The van der Waals surface area contributed by atoms with Crippen molar-refractivity contribution in [1.82, 2.24) is 15.5 Å². The Morgan fingerprint density at radius 2 is 1.81 bits per heavy atom. The second kappa shape index (κ2) is 13.0. The fraction of sp³-hybridized carbons (Fsp3) is 0.483. The van der Waals surface area contributed by atoms with Crippen molar-refractivity contribution in [2.45, 2.75) is 63.5 Å². The van der Waals surface area contributed by atoms with Gasteiger partial charge in [-0.1, -0.05) is 55.1 Å². The van der Waals surface area contributed by atoms with Crippen molar-refractivity contribution in [3.8, 4) is 5.75 Å². The molecule has 0 aromatic heterocycles. The molecule has 2 aromatic carbocycles. The molecule has 3 amide bonds. The van der Waals surface area contributed by atoms with Gasteiger partial charge in [-0.2, -0.15) is 0 Å². The lowest BCUT2D eigenvalue weighted by molar-refractivity contribution is -0.141. The molecular formula is C29H36ClN3O4. The van der Waals surface area contributed by atoms with Gasteiger partial charge in [0.2, 0.25) is 11.8 Å². The number of amides is 3. The quantitative estimate of drug-likeness (QED) is 0.508. The van der Waals surface area contributed by atoms with Crippen LogP contribution in [0.3, 0.4) is 0 Å². The maximum absolute atomic E-state index is 13.9. The van der Waals surface area contributed by atoms with E-state index in [1.807, 2.05) is 24.3 Å². The second-order valence-corrected chi connectivity index (χ2v) is 10.3. The standard InChI is InChI=1S/C29H36ClN3O4/c1-37-23-13-7-12-22(19-23)27(34)32-26(21-10-3-2-4-11-21)29(36)33-18-8-15-25(33)28(35)31-17-16-20-9-5-6-14-24(20)30/h5-7,9,12-14,19,21,25-26H,2-4,8,10-11,15-18H2,1H3,(H,31,35)(H,32,34)/t25-,26-/m0/s1. The van der Waals surface area contributed by atoms with Gasteiger partial charge in [-0.3, -0.25) is 14.4 Å². The van der Waals surface area contributed by atoms with Gasteiger partial charge < -0.3 is 20.3 Å². The molecule has 7 nitrogen and oxygen atoms in total. The number of halogens is 1. The van der Waals surface area contributed by atoms with Gasteiger partial charge in [0.25, 0.3) is 5.91 Å². The first-order valence-corrected chi connectivity index (χ1v) is 13.6. The number of benzene rings is 2. The van der Waals surface area contributed by atoms with Crippen LogP contribution < -0.4 is 15.4 Å². The summed E-state index contributed by atoms with van der Waals surface area (Å²) >= 11 is 6.24. The maximum Gasteiger partial charge on any atom is 0.252 e. The number of rotatable bonds is 9. The van der Waals surface area contributed by atoms with E-state index in [-0.39, 0.29) is 23.6 Å². The number of carbonyl (C=O) groups excluding carboxylic acids is 3. The van der Waals surface area contributed by atoms with Gasteiger partial charge in [0, 0.05) is 23.7 Å². The molecule has 0 bridgehead atoms. The number of hydrogen-bond donors (Lipinski definition) is 2. The van der Waals surface area contributed by atoms with Crippen molar-refractivity contribution in [2.75, 3.05) is 20.2 Å². The van der Waals surface area contributed by atoms with Crippen molar-refractivity contribution in [2.24, 2.45) is 5.92 Å². The summed E-state index contributed by atoms with van der Waals surface area (Å²) in [6.45, 7) is 0.958. The number of methoxy groups -OCH3 is 1. The molecule has 1 aliphatic heterocycles. The lowest BCUT2D eigenvalue weighted by Gasteiger charge is -2.34. The zero-order valence-electron chi connectivity index (χ0n) is 21.4. The normalized spacial score (nSPS) is 18.8. The van der Waals surface area contributed by atoms with Crippen LogP contribution >= 0.6 is 11.6 Å². The van der Waals surface area contributed by atoms with Gasteiger partial charge in [-0.05, 0) is 67.9 Å². The van der Waals surface area contributed by atoms with E-state index >= 15 is 0 Å². The van der Waals surface area contributed by atoms with E-state index in [4.69, 9.17) is 16.3 Å². The van der Waals surface area contributed by atoms with Crippen LogP contribution in [0.15, 0.2) is 48.5 Å². The van der Waals surface area contributed by atoms with Crippen LogP contribution in [0, 0.1) is 5.92 Å². The van der Waals surface area contributed by atoms with Crippen LogP contribution in [0.2, 0.25) is 5.02 Å². The lowest BCUT2D eigenvalue weighted by atomic mass is 9.83. The van der Waals surface area contributed by atoms with Crippen LogP contribution in [-0.4, -0.2) is 54.9 Å². The van der Waals surface area contributed by atoms with Gasteiger partial charge >= 0.3 is 0 Å². The molecule has 2 fully saturated rings. The van der Waals surface area contributed by atoms with E-state index in [1.165, 1.54) is 0 Å². The molecule has 8 heteroatoms. The predicted molar refractivity (Wildman–Crippen MR) is 144 cm³/mol. The van der Waals surface area contributed by atoms with Crippen LogP contribution in [0.4, 0.5) is 0 Å². The minimum atomic E-state index is -0.657. The summed E-state index contributed by atoms with van der Waals surface area (Å²) < 4.78 is 5.26. The van der Waals surface area contributed by atoms with Gasteiger partial charge in [0.15, 0.2) is 0 Å². The fourth-order valence-electron chi connectivity index (χ4n) is 5.46. The first-order chi connectivity index (χ1) is 18.0. The Morgan fingerprint density at radius 3 is 2.57 bits per heavy atom. The van der Waals surface area contributed by atoms with Crippen molar-refractivity contribution in [1.29, 1.82) is 0 Å². The largest absolute Gasteiger partial charge is 0.497 e. The van der Waals surface area contributed by atoms with E-state index < -0.39 is 12.1 Å². The van der Waals surface area contributed by atoms with E-state index in [9.17, 15) is 14.4 Å². The zero-order valence-corrected chi connectivity index (χ0v) is 22.1. The van der Waals surface area contributed by atoms with Gasteiger partial charge in [-0.15, -0.1) is 0 Å². The minimum absolute atomic E-state index is 0.0559. The van der Waals surface area contributed by atoms with Crippen LogP contribution in [0.1, 0.15) is 60.9 Å². The first kappa shape index (κ1) is 27.0. The number of nitrogens with zero attached hydrogens (tertiary/aromatic N) is 1. The highest BCUT2D eigenvalue weighted by atomic mass is 35.5. The highest BCUT2D eigenvalue weighted by Crippen LogP contribution is 2.30. The third kappa shape index (κ3) is 6.83. The van der Waals surface area contributed by atoms with Gasteiger partial charge in [0.1, 0.15) is 17.8 Å². The summed E-state index contributed by atoms with van der Waals surface area (Å²) in [4.78, 5) is 41.8. The van der Waals surface area contributed by atoms with Gasteiger partial charge in [-0.25, -0.2) is 0 Å². The monoisotopic (exact) mass is 525 g/mol. The molecule has 198 valence electrons. The summed E-state index contributed by atoms with van der Waals surface area (Å²) in [6, 6.07) is 13.3. The average molecular weight is 526 g/mol. The fourth-order valence-corrected chi connectivity index (χ4v) is 5.69. The average Bonchev–Trinajstić information content (AvgIpc) is 3.43. The van der Waals surface area contributed by atoms with E-state index in [0.717, 1.165) is 44.1 Å². The zero-order chi connectivity index (χ0) is 26.2. The summed E-state index contributed by atoms with van der Waals surface area (Å²) in [5.74, 6) is 0.0238. The molecule has 37 heavy (non-hydrogen) atoms. The minimum Gasteiger partial charge on any atom is -0.497 e. The number of likely N-dealkylation sites (tertiary alicyclic amines) is 1. The van der Waals surface area contributed by atoms with Crippen LogP contribution in [0.25, 0.3) is 0 Å². The second-order valence-electron chi connectivity index (χ2n) is 9.90. The smallest absolute Gasteiger partial charge is 0.252 e. The SMILES string of the molecule is COc1cccc(C(=O)N[C@H](C(=O)N2CCC[C@H]2C(=O)NCCc2ccccc2Cl)C2CCCCC2)c1. The Balaban J connectivity index is 1.44. The van der Waals surface area contributed by atoms with Crippen molar-refractivity contribution >= 4 is 29.3 Å². The number of hydrogen-bond acceptors (Lipinski definition) is 4. The van der Waals surface area contributed by atoms with Gasteiger partial charge in [0.05, 0.1) is 7.11 Å². The summed E-state index contributed by atoms with van der Waals surface area (Å²) in [5.41, 5.74) is 1.42. The third-order valence-electron chi connectivity index (χ3n) is 7.50. The van der Waals surface area contributed by atoms with Crippen LogP contribution in [-0.2, 0) is 16.0 Å². The molecule has 2 atom stereocenters. The van der Waals surface area contributed by atoms with Crippen molar-refractivity contribution < 1.29 is 19.1 Å². The maximum atomic E-state index is 13.9. The Bertz CT molecular complexity index is 1100. The molecule has 0 spiro atoms. The Kier molecular flexibility index (Phi) is 9.45. The highest BCUT2D eigenvalue weighted by Gasteiger charge is 2.40. The van der Waals surface area contributed by atoms with Crippen LogP contribution in [0.5, 0.6) is 5.75 Å². The number of ether oxygens (including phenoxy) is 1.